The van der Waals surface area contributed by atoms with Crippen molar-refractivity contribution >= 4 is 11.7 Å². The molecule has 0 aromatic heterocycles. The monoisotopic (exact) mass is 259 g/mol. The highest BCUT2D eigenvalue weighted by molar-refractivity contribution is 5.96. The van der Waals surface area contributed by atoms with Crippen LogP contribution in [0.25, 0.3) is 0 Å². The van der Waals surface area contributed by atoms with Crippen LogP contribution < -0.4 is 4.74 Å². The highest BCUT2D eigenvalue weighted by Crippen LogP contribution is 2.10. The number of ether oxygens (including phenoxy) is 1. The average Bonchev–Trinajstić information content (AvgIpc) is 2.42. The summed E-state index contributed by atoms with van der Waals surface area (Å²) in [5.74, 6) is -0.120. The van der Waals surface area contributed by atoms with E-state index in [9.17, 15) is 4.79 Å². The Bertz CT molecular complexity index is 477. The van der Waals surface area contributed by atoms with Crippen molar-refractivity contribution in [3.8, 4) is 5.75 Å². The van der Waals surface area contributed by atoms with E-state index in [1.807, 2.05) is 30.3 Å². The molecule has 0 amide bonds. The summed E-state index contributed by atoms with van der Waals surface area (Å²) in [7, 11) is 0. The van der Waals surface area contributed by atoms with Crippen molar-refractivity contribution in [1.82, 2.24) is 0 Å². The summed E-state index contributed by atoms with van der Waals surface area (Å²) in [5, 5.41) is 8.61. The van der Waals surface area contributed by atoms with Gasteiger partial charge in [0.1, 0.15) is 12.4 Å². The molecular weight excluding hydrogens is 242 g/mol. The van der Waals surface area contributed by atoms with Crippen molar-refractivity contribution in [2.24, 2.45) is 4.99 Å². The lowest BCUT2D eigenvalue weighted by atomic mass is 10.2. The second kappa shape index (κ2) is 7.87. The first-order valence-corrected chi connectivity index (χ1v) is 5.89. The van der Waals surface area contributed by atoms with Gasteiger partial charge in [0, 0.05) is 12.1 Å². The molecule has 0 spiro atoms. The minimum absolute atomic E-state index is 0.0255. The first-order valence-electron chi connectivity index (χ1n) is 5.89. The third kappa shape index (κ3) is 6.21. The molecule has 0 aliphatic heterocycles. The molecule has 0 fully saturated rings. The number of carboxylic acid groups (broad SMARTS) is 1. The average molecular weight is 259 g/mol. The van der Waals surface area contributed by atoms with Crippen LogP contribution in [0, 0.1) is 0 Å². The normalized spacial score (nSPS) is 10.8. The van der Waals surface area contributed by atoms with Crippen LogP contribution in [0.5, 0.6) is 5.75 Å². The Kier molecular flexibility index (Phi) is 6.09. The Morgan fingerprint density at radius 2 is 2.00 bits per heavy atom. The summed E-state index contributed by atoms with van der Waals surface area (Å²) in [5.41, 5.74) is 1.13. The number of aliphatic imine (C=N–C) groups is 1. The minimum Gasteiger partial charge on any atom is -0.487 e. The van der Waals surface area contributed by atoms with Gasteiger partial charge in [-0.1, -0.05) is 31.4 Å². The van der Waals surface area contributed by atoms with Gasteiger partial charge in [-0.25, -0.2) is 0 Å². The molecule has 19 heavy (non-hydrogen) atoms. The van der Waals surface area contributed by atoms with Crippen molar-refractivity contribution in [2.75, 3.05) is 6.61 Å². The van der Waals surface area contributed by atoms with E-state index in [4.69, 9.17) is 9.84 Å². The zero-order valence-electron chi connectivity index (χ0n) is 10.7. The van der Waals surface area contributed by atoms with Crippen LogP contribution in [0.3, 0.4) is 0 Å². The molecule has 0 saturated heterocycles. The molecule has 1 aromatic rings. The van der Waals surface area contributed by atoms with Gasteiger partial charge < -0.3 is 9.84 Å². The Hall–Kier alpha value is -2.36. The zero-order valence-corrected chi connectivity index (χ0v) is 10.7. The first-order chi connectivity index (χ1) is 9.11. The number of carbonyl (C=O) groups is 1. The van der Waals surface area contributed by atoms with Crippen molar-refractivity contribution in [3.63, 3.8) is 0 Å². The number of hydrogen-bond donors (Lipinski definition) is 1. The zero-order chi connectivity index (χ0) is 14.1. The number of carboxylic acids is 1. The molecular formula is C15H17NO3. The van der Waals surface area contributed by atoms with Crippen LogP contribution in [0.2, 0.25) is 0 Å². The van der Waals surface area contributed by atoms with E-state index in [2.05, 4.69) is 18.2 Å². The highest BCUT2D eigenvalue weighted by atomic mass is 16.5. The van der Waals surface area contributed by atoms with Crippen LogP contribution in [0.4, 0.5) is 0 Å². The second-order valence-corrected chi connectivity index (χ2v) is 3.87. The highest BCUT2D eigenvalue weighted by Gasteiger charge is 2.02. The van der Waals surface area contributed by atoms with Gasteiger partial charge in [0.15, 0.2) is 0 Å². The SMILES string of the molecule is C=CC(CCC(=O)O)=NC(=C)COc1ccccc1. The van der Waals surface area contributed by atoms with E-state index in [0.717, 1.165) is 5.75 Å². The van der Waals surface area contributed by atoms with Gasteiger partial charge in [0.2, 0.25) is 0 Å². The number of rotatable bonds is 8. The maximum absolute atomic E-state index is 10.5. The van der Waals surface area contributed by atoms with Gasteiger partial charge in [0.25, 0.3) is 0 Å². The second-order valence-electron chi connectivity index (χ2n) is 3.87. The minimum atomic E-state index is -0.860. The smallest absolute Gasteiger partial charge is 0.303 e. The lowest BCUT2D eigenvalue weighted by Crippen LogP contribution is -2.04. The van der Waals surface area contributed by atoms with Crippen LogP contribution in [0.1, 0.15) is 12.8 Å². The van der Waals surface area contributed by atoms with Crippen molar-refractivity contribution in [2.45, 2.75) is 12.8 Å². The Morgan fingerprint density at radius 3 is 2.58 bits per heavy atom. The predicted molar refractivity (Wildman–Crippen MR) is 75.6 cm³/mol. The van der Waals surface area contributed by atoms with Crippen LogP contribution >= 0.6 is 0 Å². The summed E-state index contributed by atoms with van der Waals surface area (Å²) in [4.78, 5) is 14.7. The molecule has 0 aliphatic rings. The summed E-state index contributed by atoms with van der Waals surface area (Å²) < 4.78 is 5.48. The molecule has 4 heteroatoms. The van der Waals surface area contributed by atoms with Crippen LogP contribution in [-0.4, -0.2) is 23.4 Å². The van der Waals surface area contributed by atoms with Gasteiger partial charge in [0.05, 0.1) is 12.1 Å². The predicted octanol–water partition coefficient (Wildman–Crippen LogP) is 3.07. The first kappa shape index (κ1) is 14.7. The van der Waals surface area contributed by atoms with Gasteiger partial charge in [-0.15, -0.1) is 0 Å². The molecule has 0 heterocycles. The van der Waals surface area contributed by atoms with Crippen LogP contribution in [0.15, 0.2) is 60.3 Å². The Balaban J connectivity index is 2.47. The number of allylic oxidation sites excluding steroid dienone is 1. The third-order valence-electron chi connectivity index (χ3n) is 2.28. The van der Waals surface area contributed by atoms with Gasteiger partial charge in [-0.2, -0.15) is 0 Å². The largest absolute Gasteiger partial charge is 0.487 e. The third-order valence-corrected chi connectivity index (χ3v) is 2.28. The standard InChI is InChI=1S/C15H17NO3/c1-3-13(9-10-15(17)18)16-12(2)11-19-14-7-5-4-6-8-14/h3-8H,1-2,9-11H2,(H,17,18). The molecule has 0 bridgehead atoms. The lowest BCUT2D eigenvalue weighted by molar-refractivity contribution is -0.136. The number of aliphatic carboxylic acids is 1. The maximum atomic E-state index is 10.5. The van der Waals surface area contributed by atoms with Crippen molar-refractivity contribution < 1.29 is 14.6 Å². The number of nitrogens with zero attached hydrogens (tertiary/aromatic N) is 1. The quantitative estimate of drug-likeness (QED) is 0.730. The molecule has 1 rings (SSSR count). The fourth-order valence-corrected chi connectivity index (χ4v) is 1.36. The maximum Gasteiger partial charge on any atom is 0.303 e. The summed E-state index contributed by atoms with van der Waals surface area (Å²) in [6.45, 7) is 7.64. The van der Waals surface area contributed by atoms with Crippen LogP contribution in [-0.2, 0) is 4.79 Å². The van der Waals surface area contributed by atoms with E-state index in [0.29, 0.717) is 17.8 Å². The number of benzene rings is 1. The van der Waals surface area contributed by atoms with E-state index >= 15 is 0 Å². The van der Waals surface area contributed by atoms with E-state index in [1.165, 1.54) is 6.08 Å². The van der Waals surface area contributed by atoms with Gasteiger partial charge in [-0.3, -0.25) is 9.79 Å². The van der Waals surface area contributed by atoms with Crippen molar-refractivity contribution in [1.29, 1.82) is 0 Å². The number of para-hydroxylation sites is 1. The summed E-state index contributed by atoms with van der Waals surface area (Å²) in [6.07, 6.45) is 1.90. The van der Waals surface area contributed by atoms with E-state index < -0.39 is 5.97 Å². The van der Waals surface area contributed by atoms with E-state index in [-0.39, 0.29) is 13.0 Å². The molecule has 1 N–H and O–H groups in total. The fourth-order valence-electron chi connectivity index (χ4n) is 1.36. The number of hydrogen-bond acceptors (Lipinski definition) is 3. The topological polar surface area (TPSA) is 58.9 Å². The Labute approximate surface area is 112 Å². The molecule has 0 radical (unpaired) electrons. The van der Waals surface area contributed by atoms with Gasteiger partial charge in [-0.05, 0) is 18.2 Å². The fraction of sp³-hybridized carbons (Fsp3) is 0.200. The molecule has 0 aliphatic carbocycles. The van der Waals surface area contributed by atoms with E-state index in [1.54, 1.807) is 0 Å². The molecule has 1 aromatic carbocycles. The molecule has 4 nitrogen and oxygen atoms in total. The Morgan fingerprint density at radius 1 is 1.32 bits per heavy atom. The molecule has 0 unspecified atom stereocenters. The lowest BCUT2D eigenvalue weighted by Gasteiger charge is -2.06. The summed E-state index contributed by atoms with van der Waals surface area (Å²) >= 11 is 0. The molecule has 0 saturated carbocycles. The molecule has 0 atom stereocenters. The van der Waals surface area contributed by atoms with Gasteiger partial charge >= 0.3 is 5.97 Å². The molecule has 100 valence electrons. The summed E-state index contributed by atoms with van der Waals surface area (Å²) in [6, 6.07) is 9.35. The van der Waals surface area contributed by atoms with Crippen molar-refractivity contribution in [3.05, 3.63) is 55.3 Å².